The molecule has 0 spiro atoms. The number of carbonyl (C=O) groups excluding carboxylic acids is 1. The van der Waals surface area contributed by atoms with Crippen LogP contribution in [0.2, 0.25) is 0 Å². The van der Waals surface area contributed by atoms with Gasteiger partial charge in [0.2, 0.25) is 0 Å². The molecular formula is C12H18N2O2. The number of carbonyl (C=O) groups is 1. The van der Waals surface area contributed by atoms with Crippen LogP contribution >= 0.6 is 0 Å². The summed E-state index contributed by atoms with van der Waals surface area (Å²) in [4.78, 5) is 11.5. The van der Waals surface area contributed by atoms with Gasteiger partial charge in [-0.05, 0) is 45.4 Å². The number of aryl methyl sites for hydroxylation is 1. The molecule has 0 saturated carbocycles. The Bertz CT molecular complexity index is 394. The van der Waals surface area contributed by atoms with Crippen molar-refractivity contribution in [1.29, 1.82) is 0 Å². The first-order chi connectivity index (χ1) is 7.28. The number of hydrogen-bond donors (Lipinski definition) is 3. The monoisotopic (exact) mass is 222 g/mol. The van der Waals surface area contributed by atoms with E-state index < -0.39 is 0 Å². The van der Waals surface area contributed by atoms with Gasteiger partial charge in [0.25, 0.3) is 0 Å². The number of phenolic OH excluding ortho intramolecular Hbond substituents is 1. The predicted molar refractivity (Wildman–Crippen MR) is 64.8 cm³/mol. The van der Waals surface area contributed by atoms with Crippen molar-refractivity contribution in [2.45, 2.75) is 33.2 Å². The molecule has 0 bridgehead atoms. The van der Waals surface area contributed by atoms with Gasteiger partial charge in [0, 0.05) is 5.54 Å². The highest BCUT2D eigenvalue weighted by Crippen LogP contribution is 2.23. The average molecular weight is 222 g/mol. The summed E-state index contributed by atoms with van der Waals surface area (Å²) in [5.74, 6) is 0.0732. The first-order valence-electron chi connectivity index (χ1n) is 5.17. The SMILES string of the molecule is Cc1ccc(NC(=O)NC(C)(C)C)c(O)c1. The topological polar surface area (TPSA) is 61.4 Å². The minimum absolute atomic E-state index is 0.0732. The average Bonchev–Trinajstić information content (AvgIpc) is 2.06. The third-order valence-corrected chi connectivity index (χ3v) is 1.89. The third kappa shape index (κ3) is 3.81. The van der Waals surface area contributed by atoms with Gasteiger partial charge in [0.1, 0.15) is 5.75 Å². The fourth-order valence-electron chi connectivity index (χ4n) is 1.24. The van der Waals surface area contributed by atoms with Crippen molar-refractivity contribution in [3.63, 3.8) is 0 Å². The number of phenols is 1. The lowest BCUT2D eigenvalue weighted by molar-refractivity contribution is 0.243. The van der Waals surface area contributed by atoms with Crippen LogP contribution in [0.25, 0.3) is 0 Å². The largest absolute Gasteiger partial charge is 0.506 e. The van der Waals surface area contributed by atoms with Gasteiger partial charge in [-0.25, -0.2) is 4.79 Å². The summed E-state index contributed by atoms with van der Waals surface area (Å²) in [5, 5.41) is 14.9. The molecule has 0 aromatic heterocycles. The van der Waals surface area contributed by atoms with Crippen LogP contribution in [-0.4, -0.2) is 16.7 Å². The van der Waals surface area contributed by atoms with E-state index in [9.17, 15) is 9.90 Å². The predicted octanol–water partition coefficient (Wildman–Crippen LogP) is 2.62. The Hall–Kier alpha value is -1.71. The van der Waals surface area contributed by atoms with E-state index in [1.165, 1.54) is 0 Å². The quantitative estimate of drug-likeness (QED) is 0.640. The normalized spacial score (nSPS) is 11.0. The lowest BCUT2D eigenvalue weighted by Crippen LogP contribution is -2.43. The highest BCUT2D eigenvalue weighted by Gasteiger charge is 2.14. The summed E-state index contributed by atoms with van der Waals surface area (Å²) < 4.78 is 0. The molecule has 1 aromatic carbocycles. The molecule has 1 rings (SSSR count). The molecule has 0 aliphatic heterocycles. The molecule has 0 unspecified atom stereocenters. The van der Waals surface area contributed by atoms with E-state index in [0.717, 1.165) is 5.56 Å². The standard InChI is InChI=1S/C12H18N2O2/c1-8-5-6-9(10(15)7-8)13-11(16)14-12(2,3)4/h5-7,15H,1-4H3,(H2,13,14,16). The van der Waals surface area contributed by atoms with Crippen LogP contribution in [0.15, 0.2) is 18.2 Å². The fraction of sp³-hybridized carbons (Fsp3) is 0.417. The van der Waals surface area contributed by atoms with Crippen molar-refractivity contribution in [2.75, 3.05) is 5.32 Å². The Labute approximate surface area is 95.7 Å². The van der Waals surface area contributed by atoms with Gasteiger partial charge in [0.15, 0.2) is 0 Å². The first kappa shape index (κ1) is 12.4. The second-order valence-corrected chi connectivity index (χ2v) is 4.85. The smallest absolute Gasteiger partial charge is 0.319 e. The van der Waals surface area contributed by atoms with Gasteiger partial charge in [-0.15, -0.1) is 0 Å². The molecular weight excluding hydrogens is 204 g/mol. The maximum absolute atomic E-state index is 11.5. The van der Waals surface area contributed by atoms with Gasteiger partial charge in [-0.1, -0.05) is 6.07 Å². The summed E-state index contributed by atoms with van der Waals surface area (Å²) in [7, 11) is 0. The first-order valence-corrected chi connectivity index (χ1v) is 5.17. The van der Waals surface area contributed by atoms with Crippen molar-refractivity contribution in [3.8, 4) is 5.75 Å². The molecule has 4 nitrogen and oxygen atoms in total. The molecule has 0 saturated heterocycles. The highest BCUT2D eigenvalue weighted by atomic mass is 16.3. The van der Waals surface area contributed by atoms with Crippen molar-refractivity contribution in [1.82, 2.24) is 5.32 Å². The number of anilines is 1. The number of amides is 2. The minimum atomic E-state index is -0.327. The lowest BCUT2D eigenvalue weighted by Gasteiger charge is -2.21. The third-order valence-electron chi connectivity index (χ3n) is 1.89. The van der Waals surface area contributed by atoms with Crippen LogP contribution in [0, 0.1) is 6.92 Å². The summed E-state index contributed by atoms with van der Waals surface area (Å²) >= 11 is 0. The zero-order valence-corrected chi connectivity index (χ0v) is 10.1. The number of urea groups is 1. The Kier molecular flexibility index (Phi) is 3.42. The number of aromatic hydroxyl groups is 1. The van der Waals surface area contributed by atoms with Crippen LogP contribution in [0.5, 0.6) is 5.75 Å². The Morgan fingerprint density at radius 1 is 1.31 bits per heavy atom. The van der Waals surface area contributed by atoms with Crippen molar-refractivity contribution >= 4 is 11.7 Å². The van der Waals surface area contributed by atoms with Gasteiger partial charge in [-0.2, -0.15) is 0 Å². The van der Waals surface area contributed by atoms with Crippen molar-refractivity contribution in [3.05, 3.63) is 23.8 Å². The van der Waals surface area contributed by atoms with E-state index in [1.54, 1.807) is 12.1 Å². The molecule has 0 atom stereocenters. The zero-order chi connectivity index (χ0) is 12.3. The van der Waals surface area contributed by atoms with Gasteiger partial charge in [0.05, 0.1) is 5.69 Å². The summed E-state index contributed by atoms with van der Waals surface area (Å²) in [6, 6.07) is 4.78. The van der Waals surface area contributed by atoms with Crippen LogP contribution in [0.1, 0.15) is 26.3 Å². The Morgan fingerprint density at radius 3 is 2.44 bits per heavy atom. The molecule has 0 heterocycles. The van der Waals surface area contributed by atoms with Crippen molar-refractivity contribution in [2.24, 2.45) is 0 Å². The minimum Gasteiger partial charge on any atom is -0.506 e. The molecule has 0 aliphatic carbocycles. The van der Waals surface area contributed by atoms with E-state index in [-0.39, 0.29) is 17.3 Å². The Morgan fingerprint density at radius 2 is 1.94 bits per heavy atom. The summed E-state index contributed by atoms with van der Waals surface area (Å²) in [6.45, 7) is 7.55. The van der Waals surface area contributed by atoms with Crippen molar-refractivity contribution < 1.29 is 9.90 Å². The molecule has 0 aliphatic rings. The van der Waals surface area contributed by atoms with E-state index in [1.807, 2.05) is 33.8 Å². The molecule has 0 radical (unpaired) electrons. The van der Waals surface area contributed by atoms with E-state index in [0.29, 0.717) is 5.69 Å². The molecule has 1 aromatic rings. The second kappa shape index (κ2) is 4.43. The van der Waals surface area contributed by atoms with E-state index in [4.69, 9.17) is 0 Å². The molecule has 2 amide bonds. The van der Waals surface area contributed by atoms with E-state index >= 15 is 0 Å². The number of benzene rings is 1. The molecule has 0 fully saturated rings. The Balaban J connectivity index is 2.70. The molecule has 4 heteroatoms. The summed E-state index contributed by atoms with van der Waals surface area (Å²) in [5.41, 5.74) is 1.05. The maximum atomic E-state index is 11.5. The highest BCUT2D eigenvalue weighted by molar-refractivity contribution is 5.91. The van der Waals surface area contributed by atoms with E-state index in [2.05, 4.69) is 10.6 Å². The van der Waals surface area contributed by atoms with Gasteiger partial charge < -0.3 is 15.7 Å². The maximum Gasteiger partial charge on any atom is 0.319 e. The summed E-state index contributed by atoms with van der Waals surface area (Å²) in [6.07, 6.45) is 0. The number of nitrogens with one attached hydrogen (secondary N) is 2. The molecule has 16 heavy (non-hydrogen) atoms. The zero-order valence-electron chi connectivity index (χ0n) is 10.1. The number of hydrogen-bond acceptors (Lipinski definition) is 2. The van der Waals surface area contributed by atoms with Crippen LogP contribution in [0.4, 0.5) is 10.5 Å². The molecule has 88 valence electrons. The fourth-order valence-corrected chi connectivity index (χ4v) is 1.24. The van der Waals surface area contributed by atoms with Gasteiger partial charge >= 0.3 is 6.03 Å². The van der Waals surface area contributed by atoms with Gasteiger partial charge in [-0.3, -0.25) is 0 Å². The van der Waals surface area contributed by atoms with Crippen LogP contribution in [0.3, 0.4) is 0 Å². The second-order valence-electron chi connectivity index (χ2n) is 4.85. The number of rotatable bonds is 1. The van der Waals surface area contributed by atoms with Crippen LogP contribution < -0.4 is 10.6 Å². The van der Waals surface area contributed by atoms with Crippen LogP contribution in [-0.2, 0) is 0 Å². The lowest BCUT2D eigenvalue weighted by atomic mass is 10.1. The molecule has 3 N–H and O–H groups in total.